The first kappa shape index (κ1) is 23.2. The van der Waals surface area contributed by atoms with Crippen molar-refractivity contribution >= 4 is 99.8 Å². The number of para-hydroxylation sites is 2. The van der Waals surface area contributed by atoms with E-state index < -0.39 is 0 Å². The fraction of sp³-hybridized carbons (Fsp3) is 0. The molecule has 0 unspecified atom stereocenters. The van der Waals surface area contributed by atoms with Crippen LogP contribution in [0.3, 0.4) is 0 Å². The molecule has 47 heavy (non-hydrogen) atoms. The minimum atomic E-state index is 0.0807. The topological polar surface area (TPSA) is 18.7 Å². The first-order chi connectivity index (χ1) is 23.4. The Morgan fingerprint density at radius 2 is 0.787 bits per heavy atom. The van der Waals surface area contributed by atoms with Crippen molar-refractivity contribution in [3.8, 4) is 11.4 Å². The van der Waals surface area contributed by atoms with E-state index in [1.165, 1.54) is 104 Å². The molecule has 214 valence electrons. The van der Waals surface area contributed by atoms with Crippen molar-refractivity contribution in [2.45, 2.75) is 0 Å². The Bertz CT molecular complexity index is 3040. The summed E-state index contributed by atoms with van der Waals surface area (Å²) in [5, 5.41) is 7.75. The van der Waals surface area contributed by atoms with Crippen LogP contribution in [0.15, 0.2) is 140 Å². The third-order valence-electron chi connectivity index (χ3n) is 11.3. The minimum absolute atomic E-state index is 0.0807. The Hall–Kier alpha value is -6.20. The molecule has 2 aliphatic rings. The third kappa shape index (κ3) is 2.40. The number of imidazole rings is 2. The zero-order chi connectivity index (χ0) is 30.1. The summed E-state index contributed by atoms with van der Waals surface area (Å²) in [4.78, 5) is 0. The van der Waals surface area contributed by atoms with Crippen LogP contribution >= 0.6 is 0 Å². The number of hydrogen-bond donors (Lipinski definition) is 0. The smallest absolute Gasteiger partial charge is 0.258 e. The summed E-state index contributed by atoms with van der Waals surface area (Å²) < 4.78 is 10.3. The molecule has 0 saturated carbocycles. The van der Waals surface area contributed by atoms with Gasteiger partial charge < -0.3 is 0 Å². The molecule has 0 radical (unpaired) electrons. The summed E-state index contributed by atoms with van der Waals surface area (Å²) in [5.41, 5.74) is 16.9. The lowest BCUT2D eigenvalue weighted by atomic mass is 9.34. The predicted octanol–water partition coefficient (Wildman–Crippen LogP) is 7.84. The van der Waals surface area contributed by atoms with E-state index in [4.69, 9.17) is 0 Å². The van der Waals surface area contributed by atoms with Gasteiger partial charge in [-0.05, 0) is 74.3 Å². The second-order valence-corrected chi connectivity index (χ2v) is 13.3. The SMILES string of the molecule is c1cc2c3c(c1)-n1c4c5ccccc5ccc4n4c5ccccc5c(c14)B3c1c3ccccc3n3c4ccc5ccccc5c4n-2c13. The van der Waals surface area contributed by atoms with E-state index in [0.29, 0.717) is 0 Å². The second kappa shape index (κ2) is 7.60. The maximum Gasteiger partial charge on any atom is 0.258 e. The number of benzene rings is 7. The molecule has 6 heterocycles. The van der Waals surface area contributed by atoms with Crippen molar-refractivity contribution in [1.29, 1.82) is 0 Å². The fourth-order valence-corrected chi connectivity index (χ4v) is 9.66. The van der Waals surface area contributed by atoms with Gasteiger partial charge in [0.25, 0.3) is 6.71 Å². The molecule has 0 saturated heterocycles. The molecule has 2 aliphatic heterocycles. The highest BCUT2D eigenvalue weighted by Crippen LogP contribution is 2.41. The minimum Gasteiger partial charge on any atom is -0.294 e. The highest BCUT2D eigenvalue weighted by molar-refractivity contribution is 7.02. The molecule has 0 fully saturated rings. The van der Waals surface area contributed by atoms with Crippen LogP contribution in [0.2, 0.25) is 0 Å². The van der Waals surface area contributed by atoms with Gasteiger partial charge in [-0.25, -0.2) is 0 Å². The highest BCUT2D eigenvalue weighted by atomic mass is 15.2. The molecule has 0 spiro atoms. The molecule has 13 rings (SSSR count). The van der Waals surface area contributed by atoms with Gasteiger partial charge in [0.05, 0.1) is 33.1 Å². The van der Waals surface area contributed by atoms with E-state index in [2.05, 4.69) is 157 Å². The van der Waals surface area contributed by atoms with E-state index in [0.717, 1.165) is 0 Å². The molecule has 11 aromatic rings. The van der Waals surface area contributed by atoms with Crippen LogP contribution in [0, 0.1) is 0 Å². The van der Waals surface area contributed by atoms with Gasteiger partial charge >= 0.3 is 0 Å². The Morgan fingerprint density at radius 3 is 1.30 bits per heavy atom. The summed E-state index contributed by atoms with van der Waals surface area (Å²) in [6.07, 6.45) is 0. The molecule has 0 bridgehead atoms. The lowest BCUT2D eigenvalue weighted by Gasteiger charge is -2.31. The van der Waals surface area contributed by atoms with Crippen molar-refractivity contribution in [3.05, 3.63) is 140 Å². The first-order valence-electron chi connectivity index (χ1n) is 16.4. The number of nitrogens with zero attached hydrogens (tertiary/aromatic N) is 4. The fourth-order valence-electron chi connectivity index (χ4n) is 9.66. The molecule has 0 amide bonds. The maximum atomic E-state index is 2.59. The van der Waals surface area contributed by atoms with Crippen LogP contribution < -0.4 is 16.4 Å². The van der Waals surface area contributed by atoms with E-state index in [1.807, 2.05) is 0 Å². The average Bonchev–Trinajstić information content (AvgIpc) is 3.86. The zero-order valence-electron chi connectivity index (χ0n) is 25.1. The molecule has 5 heteroatoms. The number of aromatic nitrogens is 4. The average molecular weight is 594 g/mol. The van der Waals surface area contributed by atoms with Gasteiger partial charge in [-0.1, -0.05) is 103 Å². The summed E-state index contributed by atoms with van der Waals surface area (Å²) in [7, 11) is 0. The summed E-state index contributed by atoms with van der Waals surface area (Å²) in [5.74, 6) is 0. The van der Waals surface area contributed by atoms with E-state index >= 15 is 0 Å². The van der Waals surface area contributed by atoms with Crippen LogP contribution in [-0.4, -0.2) is 24.6 Å². The van der Waals surface area contributed by atoms with Crippen LogP contribution in [0.25, 0.3) is 88.1 Å². The Labute approximate surface area is 268 Å². The first-order valence-corrected chi connectivity index (χ1v) is 16.4. The monoisotopic (exact) mass is 594 g/mol. The van der Waals surface area contributed by atoms with Gasteiger partial charge in [-0.15, -0.1) is 0 Å². The highest BCUT2D eigenvalue weighted by Gasteiger charge is 2.45. The van der Waals surface area contributed by atoms with Crippen LogP contribution in [-0.2, 0) is 0 Å². The van der Waals surface area contributed by atoms with Crippen LogP contribution in [0.5, 0.6) is 0 Å². The van der Waals surface area contributed by atoms with Crippen molar-refractivity contribution in [2.24, 2.45) is 0 Å². The Kier molecular flexibility index (Phi) is 3.75. The molecule has 7 aromatic carbocycles. The van der Waals surface area contributed by atoms with Gasteiger partial charge in [-0.2, -0.15) is 0 Å². The van der Waals surface area contributed by atoms with Crippen molar-refractivity contribution in [1.82, 2.24) is 17.9 Å². The number of rotatable bonds is 0. The van der Waals surface area contributed by atoms with E-state index in [1.54, 1.807) is 0 Å². The lowest BCUT2D eigenvalue weighted by Crippen LogP contribution is -2.59. The second-order valence-electron chi connectivity index (χ2n) is 13.3. The number of fused-ring (bicyclic) bond motifs is 20. The van der Waals surface area contributed by atoms with Crippen LogP contribution in [0.1, 0.15) is 0 Å². The third-order valence-corrected chi connectivity index (χ3v) is 11.3. The van der Waals surface area contributed by atoms with Crippen LogP contribution in [0.4, 0.5) is 0 Å². The standard InChI is InChI=1S/C42H23BN4/c1-3-12-26-24(10-1)20-22-34-39(26)46-32-18-9-19-33-38(32)43(36-28-14-5-7-16-30(28)44(34)41(36)46)37-29-15-6-8-17-31(29)45-35-23-21-25-11-2-4-13-27(25)40(35)47(33)42(37)45/h1-23H. The van der Waals surface area contributed by atoms with E-state index in [9.17, 15) is 0 Å². The van der Waals surface area contributed by atoms with Gasteiger partial charge in [0, 0.05) is 22.1 Å². The van der Waals surface area contributed by atoms with E-state index in [-0.39, 0.29) is 6.71 Å². The lowest BCUT2D eigenvalue weighted by molar-refractivity contribution is 1.12. The molecule has 4 aromatic heterocycles. The molecular weight excluding hydrogens is 571 g/mol. The summed E-state index contributed by atoms with van der Waals surface area (Å²) >= 11 is 0. The Morgan fingerprint density at radius 1 is 0.340 bits per heavy atom. The molecule has 0 atom stereocenters. The quantitative estimate of drug-likeness (QED) is 0.159. The van der Waals surface area contributed by atoms with Crippen molar-refractivity contribution in [3.63, 3.8) is 0 Å². The van der Waals surface area contributed by atoms with Crippen molar-refractivity contribution < 1.29 is 0 Å². The maximum absolute atomic E-state index is 2.59. The summed E-state index contributed by atoms with van der Waals surface area (Å²) in [6, 6.07) is 52.0. The number of hydrogen-bond acceptors (Lipinski definition) is 0. The molecular formula is C42H23BN4. The Balaban J connectivity index is 1.36. The largest absolute Gasteiger partial charge is 0.294 e. The predicted molar refractivity (Wildman–Crippen MR) is 197 cm³/mol. The van der Waals surface area contributed by atoms with Gasteiger partial charge in [0.1, 0.15) is 11.3 Å². The molecule has 0 aliphatic carbocycles. The molecule has 4 nitrogen and oxygen atoms in total. The van der Waals surface area contributed by atoms with Gasteiger partial charge in [0.15, 0.2) is 0 Å². The summed E-state index contributed by atoms with van der Waals surface area (Å²) in [6.45, 7) is 0.0807. The van der Waals surface area contributed by atoms with Gasteiger partial charge in [0.2, 0.25) is 0 Å². The zero-order valence-corrected chi connectivity index (χ0v) is 25.1. The van der Waals surface area contributed by atoms with Gasteiger partial charge in [-0.3, -0.25) is 17.9 Å². The normalized spacial score (nSPS) is 13.5. The molecule has 0 N–H and O–H groups in total. The van der Waals surface area contributed by atoms with Crippen molar-refractivity contribution in [2.75, 3.05) is 0 Å².